The maximum absolute atomic E-state index is 4.79. The summed E-state index contributed by atoms with van der Waals surface area (Å²) in [5.74, 6) is 0. The topological polar surface area (TPSA) is 29.0 Å². The Hall–Kier alpha value is -2.16. The molecule has 3 heteroatoms. The van der Waals surface area contributed by atoms with Gasteiger partial charge in [-0.25, -0.2) is 9.97 Å². The predicted octanol–water partition coefficient (Wildman–Crippen LogP) is 3.63. The van der Waals surface area contributed by atoms with Gasteiger partial charge < -0.3 is 4.90 Å². The van der Waals surface area contributed by atoms with Crippen LogP contribution in [0.5, 0.6) is 0 Å². The lowest BCUT2D eigenvalue weighted by Gasteiger charge is -2.22. The van der Waals surface area contributed by atoms with Crippen molar-refractivity contribution in [3.8, 4) is 0 Å². The van der Waals surface area contributed by atoms with Crippen molar-refractivity contribution in [2.45, 2.75) is 13.8 Å². The van der Waals surface area contributed by atoms with Crippen molar-refractivity contribution in [1.29, 1.82) is 0 Å². The molecular formula is C16H17N3. The molecule has 3 nitrogen and oxygen atoms in total. The maximum Gasteiger partial charge on any atom is 0.113 e. The van der Waals surface area contributed by atoms with Crippen LogP contribution in [0, 0.1) is 0 Å². The summed E-state index contributed by atoms with van der Waals surface area (Å²) in [6, 6.07) is 14.2. The lowest BCUT2D eigenvalue weighted by Crippen LogP contribution is -2.22. The molecule has 19 heavy (non-hydrogen) atoms. The second-order valence-electron chi connectivity index (χ2n) is 4.53. The monoisotopic (exact) mass is 251 g/mol. The summed E-state index contributed by atoms with van der Waals surface area (Å²) in [5, 5.41) is 0. The fourth-order valence-electron chi connectivity index (χ4n) is 2.45. The van der Waals surface area contributed by atoms with E-state index in [1.807, 2.05) is 30.3 Å². The zero-order chi connectivity index (χ0) is 13.2. The Morgan fingerprint density at radius 1 is 0.789 bits per heavy atom. The third kappa shape index (κ3) is 2.01. The zero-order valence-electron chi connectivity index (χ0n) is 11.3. The Morgan fingerprint density at radius 2 is 1.42 bits per heavy atom. The van der Waals surface area contributed by atoms with E-state index in [1.165, 1.54) is 5.69 Å². The van der Waals surface area contributed by atoms with E-state index >= 15 is 0 Å². The Labute approximate surface area is 112 Å². The van der Waals surface area contributed by atoms with Crippen molar-refractivity contribution < 1.29 is 0 Å². The van der Waals surface area contributed by atoms with Crippen LogP contribution in [0.2, 0.25) is 0 Å². The van der Waals surface area contributed by atoms with Crippen LogP contribution in [0.25, 0.3) is 22.1 Å². The molecule has 0 spiro atoms. The second-order valence-corrected chi connectivity index (χ2v) is 4.53. The zero-order valence-corrected chi connectivity index (χ0v) is 11.3. The molecule has 0 fully saturated rings. The minimum Gasteiger partial charge on any atom is -0.370 e. The highest BCUT2D eigenvalue weighted by molar-refractivity contribution is 5.93. The summed E-state index contributed by atoms with van der Waals surface area (Å²) in [6.45, 7) is 6.28. The first kappa shape index (κ1) is 11.9. The van der Waals surface area contributed by atoms with E-state index in [9.17, 15) is 0 Å². The number of fused-ring (bicyclic) bond motifs is 2. The van der Waals surface area contributed by atoms with Crippen LogP contribution in [0.15, 0.2) is 42.5 Å². The molecule has 3 aromatic rings. The lowest BCUT2D eigenvalue weighted by atomic mass is 10.2. The van der Waals surface area contributed by atoms with Gasteiger partial charge in [0.05, 0.1) is 22.2 Å². The number of benzene rings is 2. The maximum atomic E-state index is 4.79. The fourth-order valence-corrected chi connectivity index (χ4v) is 2.45. The van der Waals surface area contributed by atoms with Crippen molar-refractivity contribution in [1.82, 2.24) is 9.97 Å². The third-order valence-corrected chi connectivity index (χ3v) is 3.45. The molecule has 0 radical (unpaired) electrons. The Balaban J connectivity index is 2.31. The first-order valence-electron chi connectivity index (χ1n) is 6.74. The van der Waals surface area contributed by atoms with Gasteiger partial charge in [-0.1, -0.05) is 18.2 Å². The highest BCUT2D eigenvalue weighted by atomic mass is 15.1. The summed E-state index contributed by atoms with van der Waals surface area (Å²) in [7, 11) is 0. The van der Waals surface area contributed by atoms with Crippen LogP contribution >= 0.6 is 0 Å². The molecule has 1 aromatic heterocycles. The molecule has 0 aliphatic rings. The number of rotatable bonds is 3. The van der Waals surface area contributed by atoms with Crippen LogP contribution in [0.1, 0.15) is 13.8 Å². The number of hydrogen-bond acceptors (Lipinski definition) is 3. The molecule has 0 saturated heterocycles. The van der Waals surface area contributed by atoms with Gasteiger partial charge in [0.25, 0.3) is 0 Å². The predicted molar refractivity (Wildman–Crippen MR) is 80.6 cm³/mol. The Bertz CT molecular complexity index is 717. The quantitative estimate of drug-likeness (QED) is 0.666. The molecule has 0 N–H and O–H groups in total. The van der Waals surface area contributed by atoms with E-state index in [0.717, 1.165) is 35.2 Å². The van der Waals surface area contributed by atoms with Crippen molar-refractivity contribution in [3.05, 3.63) is 42.5 Å². The minimum atomic E-state index is 0.951. The molecule has 0 amide bonds. The van der Waals surface area contributed by atoms with Gasteiger partial charge in [-0.15, -0.1) is 0 Å². The Morgan fingerprint density at radius 3 is 2.11 bits per heavy atom. The highest BCUT2D eigenvalue weighted by Crippen LogP contribution is 2.25. The molecule has 2 aromatic carbocycles. The molecule has 0 aliphatic carbocycles. The van der Waals surface area contributed by atoms with Crippen molar-refractivity contribution in [2.24, 2.45) is 0 Å². The van der Waals surface area contributed by atoms with Crippen LogP contribution in [-0.2, 0) is 0 Å². The van der Waals surface area contributed by atoms with Crippen molar-refractivity contribution in [2.75, 3.05) is 18.0 Å². The first-order chi connectivity index (χ1) is 9.33. The smallest absolute Gasteiger partial charge is 0.113 e. The molecular weight excluding hydrogens is 234 g/mol. The van der Waals surface area contributed by atoms with Gasteiger partial charge in [0.2, 0.25) is 0 Å². The lowest BCUT2D eigenvalue weighted by molar-refractivity contribution is 0.869. The average Bonchev–Trinajstić information content (AvgIpc) is 2.46. The second kappa shape index (κ2) is 4.84. The normalized spacial score (nSPS) is 11.1. The van der Waals surface area contributed by atoms with Gasteiger partial charge in [0, 0.05) is 13.1 Å². The van der Waals surface area contributed by atoms with Crippen molar-refractivity contribution >= 4 is 27.8 Å². The molecule has 1 heterocycles. The summed E-state index contributed by atoms with van der Waals surface area (Å²) in [5.41, 5.74) is 5.02. The molecule has 96 valence electrons. The van der Waals surface area contributed by atoms with E-state index in [1.54, 1.807) is 0 Å². The average molecular weight is 251 g/mol. The number of anilines is 1. The fraction of sp³-hybridized carbons (Fsp3) is 0.250. The molecule has 0 atom stereocenters. The molecule has 3 rings (SSSR count). The van der Waals surface area contributed by atoms with Gasteiger partial charge in [0.1, 0.15) is 5.52 Å². The van der Waals surface area contributed by atoms with Crippen LogP contribution in [-0.4, -0.2) is 23.1 Å². The molecule has 0 bridgehead atoms. The van der Waals surface area contributed by atoms with Gasteiger partial charge in [-0.2, -0.15) is 0 Å². The largest absolute Gasteiger partial charge is 0.370 e. The standard InChI is InChI=1S/C16H17N3/c1-3-19(4-2)15-11-7-10-14-16(15)18-13-9-6-5-8-12(13)17-14/h5-11H,3-4H2,1-2H3. The third-order valence-electron chi connectivity index (χ3n) is 3.45. The number of aromatic nitrogens is 2. The summed E-state index contributed by atoms with van der Waals surface area (Å²) >= 11 is 0. The van der Waals surface area contributed by atoms with Crippen LogP contribution < -0.4 is 4.90 Å². The molecule has 0 unspecified atom stereocenters. The van der Waals surface area contributed by atoms with E-state index in [2.05, 4.69) is 30.9 Å². The van der Waals surface area contributed by atoms with Crippen LogP contribution in [0.3, 0.4) is 0 Å². The van der Waals surface area contributed by atoms with E-state index in [-0.39, 0.29) is 0 Å². The van der Waals surface area contributed by atoms with E-state index < -0.39 is 0 Å². The van der Waals surface area contributed by atoms with Gasteiger partial charge in [-0.05, 0) is 38.1 Å². The van der Waals surface area contributed by atoms with E-state index in [0.29, 0.717) is 0 Å². The number of para-hydroxylation sites is 3. The SMILES string of the molecule is CCN(CC)c1cccc2nc3ccccc3nc12. The number of hydrogen-bond donors (Lipinski definition) is 0. The highest BCUT2D eigenvalue weighted by Gasteiger charge is 2.09. The summed E-state index contributed by atoms with van der Waals surface area (Å²) in [6.07, 6.45) is 0. The van der Waals surface area contributed by atoms with Gasteiger partial charge in [-0.3, -0.25) is 0 Å². The van der Waals surface area contributed by atoms with Gasteiger partial charge >= 0.3 is 0 Å². The first-order valence-corrected chi connectivity index (χ1v) is 6.74. The van der Waals surface area contributed by atoms with E-state index in [4.69, 9.17) is 9.97 Å². The van der Waals surface area contributed by atoms with Crippen LogP contribution in [0.4, 0.5) is 5.69 Å². The molecule has 0 aliphatic heterocycles. The van der Waals surface area contributed by atoms with Gasteiger partial charge in [0.15, 0.2) is 0 Å². The summed E-state index contributed by atoms with van der Waals surface area (Å²) in [4.78, 5) is 11.8. The summed E-state index contributed by atoms with van der Waals surface area (Å²) < 4.78 is 0. The molecule has 0 saturated carbocycles. The number of nitrogens with zero attached hydrogens (tertiary/aromatic N) is 3. The van der Waals surface area contributed by atoms with Crippen molar-refractivity contribution in [3.63, 3.8) is 0 Å². The Kier molecular flexibility index (Phi) is 3.03. The minimum absolute atomic E-state index is 0.951.